The van der Waals surface area contributed by atoms with Crippen LogP contribution in [0.2, 0.25) is 0 Å². The molecule has 1 aliphatic carbocycles. The highest BCUT2D eigenvalue weighted by molar-refractivity contribution is 7.89. The zero-order valence-corrected chi connectivity index (χ0v) is 13.0. The Bertz CT molecular complexity index is 535. The second-order valence-corrected chi connectivity index (χ2v) is 7.14. The largest absolute Gasteiger partial charge is 0.346 e. The SMILES string of the molecule is CCCN(CC)S(=O)(=O)c1cc(CCl)n(C2CC2)c1. The molecule has 0 radical (unpaired) electrons. The normalized spacial score (nSPS) is 16.2. The number of alkyl halides is 1. The Balaban J connectivity index is 2.34. The van der Waals surface area contributed by atoms with Gasteiger partial charge in [-0.2, -0.15) is 4.31 Å². The Morgan fingerprint density at radius 2 is 2.11 bits per heavy atom. The minimum atomic E-state index is -3.38. The third-order valence-electron chi connectivity index (χ3n) is 3.45. The van der Waals surface area contributed by atoms with Crippen molar-refractivity contribution in [1.82, 2.24) is 8.87 Å². The van der Waals surface area contributed by atoms with Crippen molar-refractivity contribution in [2.45, 2.75) is 49.9 Å². The molecular formula is C13H21ClN2O2S. The number of hydrogen-bond acceptors (Lipinski definition) is 2. The number of hydrogen-bond donors (Lipinski definition) is 0. The van der Waals surface area contributed by atoms with Gasteiger partial charge >= 0.3 is 0 Å². The lowest BCUT2D eigenvalue weighted by Crippen LogP contribution is -2.31. The fourth-order valence-electron chi connectivity index (χ4n) is 2.28. The zero-order valence-electron chi connectivity index (χ0n) is 11.5. The van der Waals surface area contributed by atoms with E-state index in [1.807, 2.05) is 18.4 Å². The summed E-state index contributed by atoms with van der Waals surface area (Å²) in [5.74, 6) is 0.353. The van der Waals surface area contributed by atoms with Crippen molar-refractivity contribution in [3.63, 3.8) is 0 Å². The Hall–Kier alpha value is -0.520. The molecule has 0 bridgehead atoms. The Morgan fingerprint density at radius 1 is 1.42 bits per heavy atom. The monoisotopic (exact) mass is 304 g/mol. The maximum absolute atomic E-state index is 12.5. The third kappa shape index (κ3) is 2.98. The molecule has 0 spiro atoms. The summed E-state index contributed by atoms with van der Waals surface area (Å²) in [4.78, 5) is 0.380. The molecule has 19 heavy (non-hydrogen) atoms. The van der Waals surface area contributed by atoms with Crippen molar-refractivity contribution in [2.75, 3.05) is 13.1 Å². The summed E-state index contributed by atoms with van der Waals surface area (Å²) >= 11 is 5.91. The number of nitrogens with zero attached hydrogens (tertiary/aromatic N) is 2. The Morgan fingerprint density at radius 3 is 2.58 bits per heavy atom. The van der Waals surface area contributed by atoms with Crippen molar-refractivity contribution >= 4 is 21.6 Å². The van der Waals surface area contributed by atoms with Crippen molar-refractivity contribution < 1.29 is 8.42 Å². The van der Waals surface area contributed by atoms with Crippen molar-refractivity contribution in [1.29, 1.82) is 0 Å². The van der Waals surface area contributed by atoms with E-state index in [0.717, 1.165) is 25.0 Å². The minimum absolute atomic E-state index is 0.353. The Labute approximate surface area is 120 Å². The van der Waals surface area contributed by atoms with Crippen LogP contribution in [-0.2, 0) is 15.9 Å². The number of sulfonamides is 1. The van der Waals surface area contributed by atoms with Crippen LogP contribution in [-0.4, -0.2) is 30.4 Å². The van der Waals surface area contributed by atoms with Crippen LogP contribution in [0.15, 0.2) is 17.2 Å². The van der Waals surface area contributed by atoms with Crippen LogP contribution in [0.1, 0.15) is 44.8 Å². The van der Waals surface area contributed by atoms with Gasteiger partial charge in [0.2, 0.25) is 10.0 Å². The molecule has 0 aromatic carbocycles. The maximum Gasteiger partial charge on any atom is 0.244 e. The van der Waals surface area contributed by atoms with Crippen molar-refractivity contribution in [3.05, 3.63) is 18.0 Å². The first-order valence-electron chi connectivity index (χ1n) is 6.81. The second kappa shape index (κ2) is 5.85. The van der Waals surface area contributed by atoms with Gasteiger partial charge < -0.3 is 4.57 Å². The summed E-state index contributed by atoms with van der Waals surface area (Å²) in [5.41, 5.74) is 0.898. The molecule has 1 aliphatic rings. The van der Waals surface area contributed by atoms with Crippen LogP contribution in [0.25, 0.3) is 0 Å². The standard InChI is InChI=1S/C13H21ClN2O2S/c1-3-7-15(4-2)19(17,18)13-8-12(9-14)16(10-13)11-5-6-11/h8,10-11H,3-7,9H2,1-2H3. The summed E-state index contributed by atoms with van der Waals surface area (Å²) in [5, 5.41) is 0. The highest BCUT2D eigenvalue weighted by Gasteiger charge is 2.30. The van der Waals surface area contributed by atoms with E-state index in [1.165, 1.54) is 4.31 Å². The van der Waals surface area contributed by atoms with Crippen molar-refractivity contribution in [2.24, 2.45) is 0 Å². The van der Waals surface area contributed by atoms with Gasteiger partial charge in [0.25, 0.3) is 0 Å². The number of halogens is 1. The minimum Gasteiger partial charge on any atom is -0.346 e. The van der Waals surface area contributed by atoms with Crippen LogP contribution in [0, 0.1) is 0 Å². The fraction of sp³-hybridized carbons (Fsp3) is 0.692. The summed E-state index contributed by atoms with van der Waals surface area (Å²) in [6.45, 7) is 4.91. The third-order valence-corrected chi connectivity index (χ3v) is 5.66. The van der Waals surface area contributed by atoms with Crippen LogP contribution in [0.3, 0.4) is 0 Å². The van der Waals surface area contributed by atoms with Crippen LogP contribution in [0.4, 0.5) is 0 Å². The molecule has 1 fully saturated rings. The topological polar surface area (TPSA) is 42.3 Å². The molecule has 0 unspecified atom stereocenters. The van der Waals surface area contributed by atoms with Crippen LogP contribution >= 0.6 is 11.6 Å². The molecular weight excluding hydrogens is 284 g/mol. The summed E-state index contributed by atoms with van der Waals surface area (Å²) in [7, 11) is -3.38. The maximum atomic E-state index is 12.5. The molecule has 0 saturated heterocycles. The first-order valence-corrected chi connectivity index (χ1v) is 8.78. The summed E-state index contributed by atoms with van der Waals surface area (Å²) < 4.78 is 28.6. The highest BCUT2D eigenvalue weighted by atomic mass is 35.5. The lowest BCUT2D eigenvalue weighted by Gasteiger charge is -2.18. The predicted octanol–water partition coefficient (Wildman–Crippen LogP) is 2.98. The molecule has 1 heterocycles. The fourth-order valence-corrected chi connectivity index (χ4v) is 4.09. The van der Waals surface area contributed by atoms with E-state index in [4.69, 9.17) is 11.6 Å². The van der Waals surface area contributed by atoms with Gasteiger partial charge in [0, 0.05) is 31.0 Å². The second-order valence-electron chi connectivity index (χ2n) is 4.94. The van der Waals surface area contributed by atoms with Gasteiger partial charge in [0.1, 0.15) is 4.90 Å². The molecule has 6 heteroatoms. The lowest BCUT2D eigenvalue weighted by atomic mass is 10.5. The van der Waals surface area contributed by atoms with Crippen LogP contribution < -0.4 is 0 Å². The molecule has 0 N–H and O–H groups in total. The highest BCUT2D eigenvalue weighted by Crippen LogP contribution is 2.38. The molecule has 4 nitrogen and oxygen atoms in total. The number of rotatable bonds is 7. The predicted molar refractivity (Wildman–Crippen MR) is 77.0 cm³/mol. The van der Waals surface area contributed by atoms with Gasteiger partial charge in [0.05, 0.1) is 5.88 Å². The molecule has 1 aromatic rings. The Kier molecular flexibility index (Phi) is 4.58. The lowest BCUT2D eigenvalue weighted by molar-refractivity contribution is 0.427. The van der Waals surface area contributed by atoms with E-state index < -0.39 is 10.0 Å². The first-order chi connectivity index (χ1) is 9.04. The summed E-state index contributed by atoms with van der Waals surface area (Å²) in [6, 6.07) is 2.16. The van der Waals surface area contributed by atoms with E-state index in [0.29, 0.717) is 29.9 Å². The summed E-state index contributed by atoms with van der Waals surface area (Å²) in [6.07, 6.45) is 4.80. The van der Waals surface area contributed by atoms with E-state index in [1.54, 1.807) is 12.3 Å². The first kappa shape index (κ1) is 14.9. The quantitative estimate of drug-likeness (QED) is 0.727. The van der Waals surface area contributed by atoms with Gasteiger partial charge in [-0.05, 0) is 25.3 Å². The molecule has 0 aliphatic heterocycles. The molecule has 1 aromatic heterocycles. The van der Waals surface area contributed by atoms with Gasteiger partial charge in [-0.25, -0.2) is 8.42 Å². The van der Waals surface area contributed by atoms with Gasteiger partial charge in [-0.15, -0.1) is 11.6 Å². The smallest absolute Gasteiger partial charge is 0.244 e. The van der Waals surface area contributed by atoms with Gasteiger partial charge in [-0.1, -0.05) is 13.8 Å². The molecule has 1 saturated carbocycles. The van der Waals surface area contributed by atoms with E-state index in [-0.39, 0.29) is 0 Å². The van der Waals surface area contributed by atoms with Gasteiger partial charge in [-0.3, -0.25) is 0 Å². The molecule has 108 valence electrons. The average Bonchev–Trinajstić information content (AvgIpc) is 3.14. The molecule has 0 atom stereocenters. The molecule has 2 rings (SSSR count). The average molecular weight is 305 g/mol. The van der Waals surface area contributed by atoms with Crippen LogP contribution in [0.5, 0.6) is 0 Å². The van der Waals surface area contributed by atoms with E-state index in [2.05, 4.69) is 0 Å². The number of aromatic nitrogens is 1. The van der Waals surface area contributed by atoms with Crippen molar-refractivity contribution in [3.8, 4) is 0 Å². The molecule has 0 amide bonds. The van der Waals surface area contributed by atoms with E-state index >= 15 is 0 Å². The van der Waals surface area contributed by atoms with E-state index in [9.17, 15) is 8.42 Å². The zero-order chi connectivity index (χ0) is 14.0. The van der Waals surface area contributed by atoms with Gasteiger partial charge in [0.15, 0.2) is 0 Å².